The van der Waals surface area contributed by atoms with Crippen molar-refractivity contribution in [1.82, 2.24) is 10.2 Å². The Balaban J connectivity index is 1.26. The summed E-state index contributed by atoms with van der Waals surface area (Å²) in [5.41, 5.74) is 2.06. The van der Waals surface area contributed by atoms with Crippen molar-refractivity contribution >= 4 is 29.4 Å². The summed E-state index contributed by atoms with van der Waals surface area (Å²) in [7, 11) is 0. The highest BCUT2D eigenvalue weighted by Gasteiger charge is 2.34. The average Bonchev–Trinajstić information content (AvgIpc) is 2.88. The van der Waals surface area contributed by atoms with Crippen molar-refractivity contribution < 1.29 is 14.3 Å². The van der Waals surface area contributed by atoms with Crippen LogP contribution in [0.4, 0.5) is 10.5 Å². The monoisotopic (exact) mass is 467 g/mol. The molecule has 3 amide bonds. The topological polar surface area (TPSA) is 61.9 Å². The molecule has 33 heavy (non-hydrogen) atoms. The largest absolute Gasteiger partial charge is 0.486 e. The first-order chi connectivity index (χ1) is 16.1. The molecular weight excluding hydrogens is 434 g/mol. The average molecular weight is 468 g/mol. The molecule has 0 aliphatic carbocycles. The minimum atomic E-state index is -0.0340. The number of hydrogen-bond acceptors (Lipinski definition) is 4. The number of hydrogen-bond donors (Lipinski definition) is 1. The van der Waals surface area contributed by atoms with Gasteiger partial charge in [-0.25, -0.2) is 4.79 Å². The fraction of sp³-hybridized carbons (Fsp3) is 0.462. The van der Waals surface area contributed by atoms with Crippen LogP contribution in [0.5, 0.6) is 5.75 Å². The number of rotatable bonds is 6. The number of likely N-dealkylation sites (tertiary alicyclic amines) is 1. The summed E-state index contributed by atoms with van der Waals surface area (Å²) in [5.74, 6) is 0.834. The van der Waals surface area contributed by atoms with E-state index in [2.05, 4.69) is 42.8 Å². The van der Waals surface area contributed by atoms with E-state index in [1.54, 1.807) is 11.8 Å². The van der Waals surface area contributed by atoms with Crippen LogP contribution in [0.1, 0.15) is 31.7 Å². The highest BCUT2D eigenvalue weighted by atomic mass is 32.2. The Hall–Kier alpha value is -2.67. The van der Waals surface area contributed by atoms with Crippen LogP contribution >= 0.6 is 11.8 Å². The van der Waals surface area contributed by atoms with Crippen LogP contribution < -0.4 is 15.0 Å². The Bertz CT molecular complexity index is 958. The lowest BCUT2D eigenvalue weighted by Crippen LogP contribution is -2.52. The van der Waals surface area contributed by atoms with Crippen molar-refractivity contribution in [3.05, 3.63) is 54.1 Å². The number of fused-ring (bicyclic) bond motifs is 1. The van der Waals surface area contributed by atoms with E-state index in [9.17, 15) is 9.59 Å². The molecule has 2 aromatic carbocycles. The fourth-order valence-electron chi connectivity index (χ4n) is 4.46. The van der Waals surface area contributed by atoms with Gasteiger partial charge in [-0.15, -0.1) is 11.8 Å². The number of ether oxygens (including phenoxy) is 1. The molecule has 0 aromatic heterocycles. The van der Waals surface area contributed by atoms with Crippen LogP contribution in [0, 0.1) is 5.92 Å². The molecule has 6 nitrogen and oxygen atoms in total. The molecule has 1 fully saturated rings. The summed E-state index contributed by atoms with van der Waals surface area (Å²) in [6.45, 7) is 4.47. The first-order valence-corrected chi connectivity index (χ1v) is 13.0. The summed E-state index contributed by atoms with van der Waals surface area (Å²) in [6, 6.07) is 16.2. The second kappa shape index (κ2) is 11.0. The lowest BCUT2D eigenvalue weighted by Gasteiger charge is -2.39. The summed E-state index contributed by atoms with van der Waals surface area (Å²) in [6.07, 6.45) is 5.14. The molecule has 2 aliphatic rings. The molecule has 0 spiro atoms. The van der Waals surface area contributed by atoms with Gasteiger partial charge in [-0.05, 0) is 61.8 Å². The van der Waals surface area contributed by atoms with Gasteiger partial charge in [0.15, 0.2) is 0 Å². The maximum absolute atomic E-state index is 13.3. The molecule has 0 radical (unpaired) electrons. The number of carbonyl (C=O) groups is 2. The zero-order valence-electron chi connectivity index (χ0n) is 19.5. The van der Waals surface area contributed by atoms with Crippen LogP contribution in [0.15, 0.2) is 53.4 Å². The molecule has 7 heteroatoms. The molecule has 0 bridgehead atoms. The maximum atomic E-state index is 13.3. The van der Waals surface area contributed by atoms with E-state index in [1.807, 2.05) is 34.1 Å². The number of para-hydroxylation sites is 2. The van der Waals surface area contributed by atoms with E-state index in [0.717, 1.165) is 24.3 Å². The first-order valence-electron chi connectivity index (χ1n) is 11.8. The third-order valence-corrected chi connectivity index (χ3v) is 7.27. The van der Waals surface area contributed by atoms with Gasteiger partial charge >= 0.3 is 6.03 Å². The van der Waals surface area contributed by atoms with Crippen LogP contribution in [-0.2, 0) is 11.2 Å². The third kappa shape index (κ3) is 5.64. The molecule has 2 heterocycles. The van der Waals surface area contributed by atoms with E-state index in [4.69, 9.17) is 4.74 Å². The number of nitrogens with zero attached hydrogens (tertiary/aromatic N) is 2. The molecule has 1 saturated heterocycles. The number of thioether (sulfide) groups is 1. The Morgan fingerprint density at radius 1 is 1.09 bits per heavy atom. The number of piperidine rings is 1. The second-order valence-corrected chi connectivity index (χ2v) is 9.54. The molecular formula is C26H33N3O3S. The number of nitrogens with one attached hydrogen (secondary N) is 1. The van der Waals surface area contributed by atoms with Crippen molar-refractivity contribution in [2.24, 2.45) is 5.92 Å². The van der Waals surface area contributed by atoms with Gasteiger partial charge in [-0.1, -0.05) is 31.2 Å². The highest BCUT2D eigenvalue weighted by Crippen LogP contribution is 2.35. The normalized spacial score (nSPS) is 18.4. The predicted molar refractivity (Wildman–Crippen MR) is 133 cm³/mol. The van der Waals surface area contributed by atoms with Gasteiger partial charge in [0.2, 0.25) is 5.91 Å². The van der Waals surface area contributed by atoms with E-state index in [-0.39, 0.29) is 24.0 Å². The zero-order valence-corrected chi connectivity index (χ0v) is 20.3. The van der Waals surface area contributed by atoms with Gasteiger partial charge in [0.25, 0.3) is 0 Å². The number of carbonyl (C=O) groups excluding carboxylic acids is 2. The van der Waals surface area contributed by atoms with E-state index < -0.39 is 0 Å². The standard InChI is InChI=1S/C26H33N3O3S/c1-3-21-18-29(23-6-4-5-7-24(23)32-21)26(31)28-16-13-20(14-17-28)25(30)27-15-12-19-8-10-22(33-2)11-9-19/h4-11,20-21H,3,12-18H2,1-2H3,(H,27,30)/t21-/m1/s1. The van der Waals surface area contributed by atoms with Crippen molar-refractivity contribution in [2.75, 3.05) is 37.3 Å². The maximum Gasteiger partial charge on any atom is 0.324 e. The first kappa shape index (κ1) is 23.5. The summed E-state index contributed by atoms with van der Waals surface area (Å²) in [4.78, 5) is 31.0. The molecule has 0 saturated carbocycles. The Kier molecular flexibility index (Phi) is 7.81. The Morgan fingerprint density at radius 2 is 1.82 bits per heavy atom. The van der Waals surface area contributed by atoms with E-state index in [0.29, 0.717) is 39.0 Å². The van der Waals surface area contributed by atoms with Crippen molar-refractivity contribution in [1.29, 1.82) is 0 Å². The van der Waals surface area contributed by atoms with Gasteiger partial charge in [0, 0.05) is 30.4 Å². The van der Waals surface area contributed by atoms with Gasteiger partial charge in [-0.3, -0.25) is 9.69 Å². The van der Waals surface area contributed by atoms with Crippen molar-refractivity contribution in [2.45, 2.75) is 43.6 Å². The fourth-order valence-corrected chi connectivity index (χ4v) is 4.87. The van der Waals surface area contributed by atoms with Crippen LogP contribution in [0.25, 0.3) is 0 Å². The van der Waals surface area contributed by atoms with Crippen LogP contribution in [-0.4, -0.2) is 55.4 Å². The lowest BCUT2D eigenvalue weighted by molar-refractivity contribution is -0.126. The highest BCUT2D eigenvalue weighted by molar-refractivity contribution is 7.98. The number of amides is 3. The van der Waals surface area contributed by atoms with Crippen LogP contribution in [0.3, 0.4) is 0 Å². The van der Waals surface area contributed by atoms with Gasteiger partial charge in [0.05, 0.1) is 12.2 Å². The minimum absolute atomic E-state index is 0.00379. The van der Waals surface area contributed by atoms with Gasteiger partial charge in [-0.2, -0.15) is 0 Å². The summed E-state index contributed by atoms with van der Waals surface area (Å²) in [5, 5.41) is 3.09. The third-order valence-electron chi connectivity index (χ3n) is 6.53. The molecule has 2 aromatic rings. The summed E-state index contributed by atoms with van der Waals surface area (Å²) >= 11 is 1.73. The lowest BCUT2D eigenvalue weighted by atomic mass is 9.96. The SMILES string of the molecule is CC[C@@H]1CN(C(=O)N2CCC(C(=O)NCCc3ccc(SC)cc3)CC2)c2ccccc2O1. The Morgan fingerprint density at radius 3 is 2.52 bits per heavy atom. The van der Waals surface area contributed by atoms with E-state index in [1.165, 1.54) is 10.5 Å². The predicted octanol–water partition coefficient (Wildman–Crippen LogP) is 4.58. The van der Waals surface area contributed by atoms with Crippen LogP contribution in [0.2, 0.25) is 0 Å². The Labute approximate surface area is 200 Å². The van der Waals surface area contributed by atoms with Gasteiger partial charge < -0.3 is 15.0 Å². The minimum Gasteiger partial charge on any atom is -0.486 e. The quantitative estimate of drug-likeness (QED) is 0.632. The van der Waals surface area contributed by atoms with E-state index >= 15 is 0 Å². The summed E-state index contributed by atoms with van der Waals surface area (Å²) < 4.78 is 6.01. The number of benzene rings is 2. The van der Waals surface area contributed by atoms with Crippen molar-refractivity contribution in [3.8, 4) is 5.75 Å². The smallest absolute Gasteiger partial charge is 0.324 e. The number of anilines is 1. The van der Waals surface area contributed by atoms with Crippen molar-refractivity contribution in [3.63, 3.8) is 0 Å². The molecule has 1 atom stereocenters. The molecule has 176 valence electrons. The molecule has 2 aliphatic heterocycles. The van der Waals surface area contributed by atoms with Gasteiger partial charge in [0.1, 0.15) is 11.9 Å². The second-order valence-electron chi connectivity index (χ2n) is 8.66. The number of urea groups is 1. The molecule has 0 unspecified atom stereocenters. The molecule has 1 N–H and O–H groups in total. The zero-order chi connectivity index (χ0) is 23.2. The molecule has 4 rings (SSSR count).